The summed E-state index contributed by atoms with van der Waals surface area (Å²) in [6, 6.07) is 18.2. The minimum atomic E-state index is -0.387. The Bertz CT molecular complexity index is 514. The van der Waals surface area contributed by atoms with Gasteiger partial charge in [-0.05, 0) is 23.1 Å². The number of rotatable bonds is 4. The Kier molecular flexibility index (Phi) is 4.32. The molecule has 0 saturated heterocycles. The van der Waals surface area contributed by atoms with Crippen LogP contribution < -0.4 is 0 Å². The van der Waals surface area contributed by atoms with Crippen molar-refractivity contribution in [3.63, 3.8) is 0 Å². The maximum atomic E-state index is 9.97. The van der Waals surface area contributed by atoms with E-state index in [9.17, 15) is 5.11 Å². The number of aliphatic hydroxyl groups excluding tert-OH is 1. The molecule has 2 aromatic carbocycles. The largest absolute Gasteiger partial charge is 0.388 e. The molecular formula is C17H18O. The van der Waals surface area contributed by atoms with Gasteiger partial charge in [-0.15, -0.1) is 0 Å². The maximum Gasteiger partial charge on any atom is 0.0793 e. The monoisotopic (exact) mass is 238 g/mol. The Balaban J connectivity index is 2.26. The van der Waals surface area contributed by atoms with Crippen molar-refractivity contribution in [1.29, 1.82) is 0 Å². The molecule has 2 aromatic rings. The molecule has 0 radical (unpaired) electrons. The lowest BCUT2D eigenvalue weighted by Gasteiger charge is -2.11. The lowest BCUT2D eigenvalue weighted by molar-refractivity contribution is 0.173. The summed E-state index contributed by atoms with van der Waals surface area (Å²) < 4.78 is 0. The van der Waals surface area contributed by atoms with E-state index >= 15 is 0 Å². The average molecular weight is 238 g/mol. The van der Waals surface area contributed by atoms with Gasteiger partial charge in [0.25, 0.3) is 0 Å². The molecule has 0 aliphatic rings. The van der Waals surface area contributed by atoms with Crippen LogP contribution >= 0.6 is 0 Å². The van der Waals surface area contributed by atoms with E-state index in [-0.39, 0.29) is 6.10 Å². The summed E-state index contributed by atoms with van der Waals surface area (Å²) in [5, 5.41) is 9.97. The van der Waals surface area contributed by atoms with Gasteiger partial charge in [0.05, 0.1) is 6.10 Å². The zero-order chi connectivity index (χ0) is 12.8. The molecule has 1 atom stereocenters. The van der Waals surface area contributed by atoms with E-state index < -0.39 is 0 Å². The summed E-state index contributed by atoms with van der Waals surface area (Å²) in [5.41, 5.74) is 3.24. The first-order chi connectivity index (χ1) is 8.81. The SMILES string of the molecule is CCC(O)c1ccccc1C=Cc1ccccc1. The van der Waals surface area contributed by atoms with E-state index in [0.717, 1.165) is 17.5 Å². The standard InChI is InChI=1S/C17H18O/c1-2-17(18)16-11-7-6-10-15(16)13-12-14-8-4-3-5-9-14/h3-13,17-18H,2H2,1H3. The highest BCUT2D eigenvalue weighted by atomic mass is 16.3. The van der Waals surface area contributed by atoms with Crippen molar-refractivity contribution < 1.29 is 5.11 Å². The van der Waals surface area contributed by atoms with Gasteiger partial charge in [-0.1, -0.05) is 73.7 Å². The molecule has 1 N–H and O–H groups in total. The molecule has 92 valence electrons. The number of benzene rings is 2. The quantitative estimate of drug-likeness (QED) is 0.787. The van der Waals surface area contributed by atoms with Crippen LogP contribution in [0.5, 0.6) is 0 Å². The lowest BCUT2D eigenvalue weighted by atomic mass is 10.00. The van der Waals surface area contributed by atoms with Gasteiger partial charge in [0.2, 0.25) is 0 Å². The van der Waals surface area contributed by atoms with E-state index in [1.807, 2.05) is 49.4 Å². The number of hydrogen-bond donors (Lipinski definition) is 1. The summed E-state index contributed by atoms with van der Waals surface area (Å²) in [7, 11) is 0. The van der Waals surface area contributed by atoms with Crippen LogP contribution in [0.4, 0.5) is 0 Å². The second-order valence-corrected chi connectivity index (χ2v) is 4.30. The Labute approximate surface area is 108 Å². The van der Waals surface area contributed by atoms with Crippen LogP contribution in [0.15, 0.2) is 54.6 Å². The van der Waals surface area contributed by atoms with Crippen LogP contribution in [0.1, 0.15) is 36.1 Å². The highest BCUT2D eigenvalue weighted by Crippen LogP contribution is 2.22. The molecule has 0 aromatic heterocycles. The summed E-state index contributed by atoms with van der Waals surface area (Å²) in [6.45, 7) is 1.99. The third kappa shape index (κ3) is 3.08. The summed E-state index contributed by atoms with van der Waals surface area (Å²) in [6.07, 6.45) is 4.47. The van der Waals surface area contributed by atoms with E-state index in [2.05, 4.69) is 24.3 Å². The topological polar surface area (TPSA) is 20.2 Å². The van der Waals surface area contributed by atoms with Crippen molar-refractivity contribution in [2.75, 3.05) is 0 Å². The average Bonchev–Trinajstić information content (AvgIpc) is 2.45. The predicted molar refractivity (Wildman–Crippen MR) is 77.1 cm³/mol. The molecule has 0 bridgehead atoms. The van der Waals surface area contributed by atoms with Gasteiger partial charge in [-0.25, -0.2) is 0 Å². The third-order valence-electron chi connectivity index (χ3n) is 3.00. The molecule has 0 amide bonds. The highest BCUT2D eigenvalue weighted by molar-refractivity contribution is 5.71. The van der Waals surface area contributed by atoms with Crippen molar-refractivity contribution in [2.45, 2.75) is 19.4 Å². The van der Waals surface area contributed by atoms with Gasteiger partial charge in [-0.2, -0.15) is 0 Å². The fourth-order valence-corrected chi connectivity index (χ4v) is 1.94. The lowest BCUT2D eigenvalue weighted by Crippen LogP contribution is -1.97. The Hall–Kier alpha value is -1.86. The molecule has 2 rings (SSSR count). The second kappa shape index (κ2) is 6.18. The van der Waals surface area contributed by atoms with E-state index in [0.29, 0.717) is 0 Å². The first kappa shape index (κ1) is 12.6. The van der Waals surface area contributed by atoms with Crippen molar-refractivity contribution >= 4 is 12.2 Å². The minimum Gasteiger partial charge on any atom is -0.388 e. The molecule has 1 heteroatoms. The molecule has 0 fully saturated rings. The van der Waals surface area contributed by atoms with Crippen LogP contribution in [0, 0.1) is 0 Å². The predicted octanol–water partition coefficient (Wildman–Crippen LogP) is 4.30. The summed E-state index contributed by atoms with van der Waals surface area (Å²) in [4.78, 5) is 0. The van der Waals surface area contributed by atoms with E-state index in [4.69, 9.17) is 0 Å². The maximum absolute atomic E-state index is 9.97. The molecule has 0 heterocycles. The Morgan fingerprint density at radius 3 is 2.33 bits per heavy atom. The molecule has 1 unspecified atom stereocenters. The van der Waals surface area contributed by atoms with Gasteiger partial charge in [0.1, 0.15) is 0 Å². The first-order valence-corrected chi connectivity index (χ1v) is 6.31. The molecule has 1 nitrogen and oxygen atoms in total. The molecule has 0 spiro atoms. The Morgan fingerprint density at radius 1 is 0.944 bits per heavy atom. The van der Waals surface area contributed by atoms with Crippen molar-refractivity contribution in [3.8, 4) is 0 Å². The molecule has 18 heavy (non-hydrogen) atoms. The van der Waals surface area contributed by atoms with Gasteiger partial charge in [0, 0.05) is 0 Å². The van der Waals surface area contributed by atoms with Crippen molar-refractivity contribution in [3.05, 3.63) is 71.3 Å². The highest BCUT2D eigenvalue weighted by Gasteiger charge is 2.07. The van der Waals surface area contributed by atoms with Crippen LogP contribution in [0.3, 0.4) is 0 Å². The van der Waals surface area contributed by atoms with Gasteiger partial charge >= 0.3 is 0 Å². The zero-order valence-corrected chi connectivity index (χ0v) is 10.6. The summed E-state index contributed by atoms with van der Waals surface area (Å²) >= 11 is 0. The minimum absolute atomic E-state index is 0.387. The first-order valence-electron chi connectivity index (χ1n) is 6.31. The molecule has 0 saturated carbocycles. The zero-order valence-electron chi connectivity index (χ0n) is 10.6. The van der Waals surface area contributed by atoms with Crippen molar-refractivity contribution in [2.24, 2.45) is 0 Å². The van der Waals surface area contributed by atoms with Crippen LogP contribution in [-0.4, -0.2) is 5.11 Å². The van der Waals surface area contributed by atoms with Gasteiger partial charge in [0.15, 0.2) is 0 Å². The van der Waals surface area contributed by atoms with E-state index in [1.165, 1.54) is 5.56 Å². The Morgan fingerprint density at radius 2 is 1.61 bits per heavy atom. The molecule has 0 aliphatic carbocycles. The number of hydrogen-bond acceptors (Lipinski definition) is 1. The van der Waals surface area contributed by atoms with Crippen molar-refractivity contribution in [1.82, 2.24) is 0 Å². The molecule has 0 aliphatic heterocycles. The normalized spacial score (nSPS) is 12.8. The van der Waals surface area contributed by atoms with Gasteiger partial charge in [-0.3, -0.25) is 0 Å². The van der Waals surface area contributed by atoms with Crippen LogP contribution in [0.25, 0.3) is 12.2 Å². The number of aliphatic hydroxyl groups is 1. The summed E-state index contributed by atoms with van der Waals surface area (Å²) in [5.74, 6) is 0. The van der Waals surface area contributed by atoms with E-state index in [1.54, 1.807) is 0 Å². The van der Waals surface area contributed by atoms with Crippen LogP contribution in [0.2, 0.25) is 0 Å². The second-order valence-electron chi connectivity index (χ2n) is 4.30. The molecular weight excluding hydrogens is 220 g/mol. The van der Waals surface area contributed by atoms with Gasteiger partial charge < -0.3 is 5.11 Å². The van der Waals surface area contributed by atoms with Crippen LogP contribution in [-0.2, 0) is 0 Å². The fraction of sp³-hybridized carbons (Fsp3) is 0.176. The fourth-order valence-electron chi connectivity index (χ4n) is 1.94. The third-order valence-corrected chi connectivity index (χ3v) is 3.00. The smallest absolute Gasteiger partial charge is 0.0793 e.